The van der Waals surface area contributed by atoms with Crippen LogP contribution in [-0.2, 0) is 6.54 Å². The van der Waals surface area contributed by atoms with Gasteiger partial charge in [0.1, 0.15) is 0 Å². The second kappa shape index (κ2) is 5.66. The Morgan fingerprint density at radius 1 is 1.31 bits per heavy atom. The van der Waals surface area contributed by atoms with E-state index in [4.69, 9.17) is 0 Å². The van der Waals surface area contributed by atoms with Crippen LogP contribution in [0.5, 0.6) is 0 Å². The molecule has 1 N–H and O–H groups in total. The topological polar surface area (TPSA) is 32.3 Å². The summed E-state index contributed by atoms with van der Waals surface area (Å²) < 4.78 is 0. The number of rotatable bonds is 4. The van der Waals surface area contributed by atoms with Crippen molar-refractivity contribution in [2.75, 3.05) is 14.1 Å². The van der Waals surface area contributed by atoms with E-state index in [2.05, 4.69) is 31.1 Å². The molecule has 1 aromatic rings. The molecule has 0 atom stereocenters. The van der Waals surface area contributed by atoms with Gasteiger partial charge in [0, 0.05) is 25.2 Å². The molecule has 0 aliphatic rings. The lowest BCUT2D eigenvalue weighted by Crippen LogP contribution is -2.25. The SMILES string of the molecule is CNC(=O)c1ccc(CN(C)C(C)C)cc1. The molecule has 88 valence electrons. The molecule has 0 saturated carbocycles. The van der Waals surface area contributed by atoms with Crippen LogP contribution >= 0.6 is 0 Å². The fourth-order valence-electron chi connectivity index (χ4n) is 1.38. The molecule has 0 fully saturated rings. The predicted molar refractivity (Wildman–Crippen MR) is 66.4 cm³/mol. The Kier molecular flexibility index (Phi) is 4.50. The average molecular weight is 220 g/mol. The Morgan fingerprint density at radius 3 is 2.31 bits per heavy atom. The van der Waals surface area contributed by atoms with E-state index in [0.717, 1.165) is 6.54 Å². The van der Waals surface area contributed by atoms with Gasteiger partial charge in [0.25, 0.3) is 5.91 Å². The van der Waals surface area contributed by atoms with Gasteiger partial charge in [0.05, 0.1) is 0 Å². The minimum atomic E-state index is -0.0382. The van der Waals surface area contributed by atoms with Crippen molar-refractivity contribution in [3.8, 4) is 0 Å². The summed E-state index contributed by atoms with van der Waals surface area (Å²) in [4.78, 5) is 13.6. The zero-order valence-corrected chi connectivity index (χ0v) is 10.4. The van der Waals surface area contributed by atoms with E-state index in [1.165, 1.54) is 5.56 Å². The summed E-state index contributed by atoms with van der Waals surface area (Å²) in [5.41, 5.74) is 1.93. The van der Waals surface area contributed by atoms with Gasteiger partial charge in [-0.05, 0) is 38.6 Å². The molecule has 1 aromatic carbocycles. The number of nitrogens with one attached hydrogen (secondary N) is 1. The molecule has 1 rings (SSSR count). The van der Waals surface area contributed by atoms with Crippen LogP contribution in [0.1, 0.15) is 29.8 Å². The molecular formula is C13H20N2O. The van der Waals surface area contributed by atoms with Crippen LogP contribution in [0.4, 0.5) is 0 Å². The second-order valence-corrected chi connectivity index (χ2v) is 4.28. The first-order valence-corrected chi connectivity index (χ1v) is 5.56. The molecule has 0 radical (unpaired) electrons. The third-order valence-electron chi connectivity index (χ3n) is 2.76. The summed E-state index contributed by atoms with van der Waals surface area (Å²) in [5.74, 6) is -0.0382. The largest absolute Gasteiger partial charge is 0.355 e. The van der Waals surface area contributed by atoms with Crippen LogP contribution in [0.15, 0.2) is 24.3 Å². The van der Waals surface area contributed by atoms with Gasteiger partial charge < -0.3 is 5.32 Å². The van der Waals surface area contributed by atoms with E-state index in [1.807, 2.05) is 24.3 Å². The second-order valence-electron chi connectivity index (χ2n) is 4.28. The zero-order chi connectivity index (χ0) is 12.1. The van der Waals surface area contributed by atoms with Gasteiger partial charge in [-0.25, -0.2) is 0 Å². The Morgan fingerprint density at radius 2 is 1.88 bits per heavy atom. The highest BCUT2D eigenvalue weighted by Gasteiger charge is 2.05. The first kappa shape index (κ1) is 12.7. The van der Waals surface area contributed by atoms with Gasteiger partial charge >= 0.3 is 0 Å². The monoisotopic (exact) mass is 220 g/mol. The maximum absolute atomic E-state index is 11.3. The molecule has 0 aliphatic heterocycles. The molecule has 0 spiro atoms. The van der Waals surface area contributed by atoms with Gasteiger partial charge in [0.2, 0.25) is 0 Å². The van der Waals surface area contributed by atoms with Crippen LogP contribution in [-0.4, -0.2) is 30.9 Å². The molecule has 0 unspecified atom stereocenters. The molecule has 0 aliphatic carbocycles. The molecule has 1 amide bonds. The van der Waals surface area contributed by atoms with Crippen molar-refractivity contribution in [3.05, 3.63) is 35.4 Å². The van der Waals surface area contributed by atoms with E-state index < -0.39 is 0 Å². The van der Waals surface area contributed by atoms with E-state index in [1.54, 1.807) is 7.05 Å². The number of nitrogens with zero attached hydrogens (tertiary/aromatic N) is 1. The van der Waals surface area contributed by atoms with Gasteiger partial charge in [-0.3, -0.25) is 9.69 Å². The van der Waals surface area contributed by atoms with Gasteiger partial charge in [-0.1, -0.05) is 12.1 Å². The minimum Gasteiger partial charge on any atom is -0.355 e. The maximum atomic E-state index is 11.3. The summed E-state index contributed by atoms with van der Waals surface area (Å²) in [6.45, 7) is 5.24. The van der Waals surface area contributed by atoms with Crippen molar-refractivity contribution < 1.29 is 4.79 Å². The summed E-state index contributed by atoms with van der Waals surface area (Å²) in [7, 11) is 3.74. The summed E-state index contributed by atoms with van der Waals surface area (Å²) >= 11 is 0. The molecule has 3 heteroatoms. The zero-order valence-electron chi connectivity index (χ0n) is 10.4. The Balaban J connectivity index is 2.68. The van der Waals surface area contributed by atoms with Crippen molar-refractivity contribution in [2.24, 2.45) is 0 Å². The minimum absolute atomic E-state index is 0.0382. The normalized spacial score (nSPS) is 10.9. The smallest absolute Gasteiger partial charge is 0.251 e. The molecular weight excluding hydrogens is 200 g/mol. The van der Waals surface area contributed by atoms with Crippen molar-refractivity contribution in [2.45, 2.75) is 26.4 Å². The molecule has 0 aromatic heterocycles. The highest BCUT2D eigenvalue weighted by Crippen LogP contribution is 2.08. The fourth-order valence-corrected chi connectivity index (χ4v) is 1.38. The lowest BCUT2D eigenvalue weighted by Gasteiger charge is -2.20. The van der Waals surface area contributed by atoms with E-state index in [-0.39, 0.29) is 5.91 Å². The third kappa shape index (κ3) is 3.35. The van der Waals surface area contributed by atoms with Crippen LogP contribution in [0.25, 0.3) is 0 Å². The first-order valence-electron chi connectivity index (χ1n) is 5.56. The third-order valence-corrected chi connectivity index (χ3v) is 2.76. The van der Waals surface area contributed by atoms with E-state index in [0.29, 0.717) is 11.6 Å². The molecule has 16 heavy (non-hydrogen) atoms. The van der Waals surface area contributed by atoms with Crippen molar-refractivity contribution >= 4 is 5.91 Å². The first-order chi connectivity index (χ1) is 7.54. The number of carbonyl (C=O) groups excluding carboxylic acids is 1. The Labute approximate surface area is 97.5 Å². The number of amides is 1. The van der Waals surface area contributed by atoms with Crippen molar-refractivity contribution in [3.63, 3.8) is 0 Å². The Hall–Kier alpha value is -1.35. The highest BCUT2D eigenvalue weighted by atomic mass is 16.1. The number of hydrogen-bond acceptors (Lipinski definition) is 2. The van der Waals surface area contributed by atoms with Crippen molar-refractivity contribution in [1.82, 2.24) is 10.2 Å². The van der Waals surface area contributed by atoms with Crippen LogP contribution in [0, 0.1) is 0 Å². The van der Waals surface area contributed by atoms with Crippen LogP contribution in [0.3, 0.4) is 0 Å². The summed E-state index contributed by atoms with van der Waals surface area (Å²) in [6.07, 6.45) is 0. The number of hydrogen-bond donors (Lipinski definition) is 1. The van der Waals surface area contributed by atoms with Gasteiger partial charge in [0.15, 0.2) is 0 Å². The molecule has 0 bridgehead atoms. The van der Waals surface area contributed by atoms with E-state index in [9.17, 15) is 4.79 Å². The lowest BCUT2D eigenvalue weighted by atomic mass is 10.1. The predicted octanol–water partition coefficient (Wildman–Crippen LogP) is 1.89. The quantitative estimate of drug-likeness (QED) is 0.840. The standard InChI is InChI=1S/C13H20N2O/c1-10(2)15(4)9-11-5-7-12(8-6-11)13(16)14-3/h5-8,10H,9H2,1-4H3,(H,14,16). The molecule has 0 saturated heterocycles. The fraction of sp³-hybridized carbons (Fsp3) is 0.462. The maximum Gasteiger partial charge on any atom is 0.251 e. The summed E-state index contributed by atoms with van der Waals surface area (Å²) in [5, 5.41) is 2.61. The highest BCUT2D eigenvalue weighted by molar-refractivity contribution is 5.93. The number of benzene rings is 1. The Bertz CT molecular complexity index is 343. The molecule has 0 heterocycles. The lowest BCUT2D eigenvalue weighted by molar-refractivity contribution is 0.0963. The number of carbonyl (C=O) groups is 1. The van der Waals surface area contributed by atoms with Crippen LogP contribution in [0.2, 0.25) is 0 Å². The summed E-state index contributed by atoms with van der Waals surface area (Å²) in [6, 6.07) is 8.26. The van der Waals surface area contributed by atoms with Gasteiger partial charge in [-0.2, -0.15) is 0 Å². The van der Waals surface area contributed by atoms with Gasteiger partial charge in [-0.15, -0.1) is 0 Å². The molecule has 3 nitrogen and oxygen atoms in total. The van der Waals surface area contributed by atoms with Crippen LogP contribution < -0.4 is 5.32 Å². The average Bonchev–Trinajstić information content (AvgIpc) is 2.28. The van der Waals surface area contributed by atoms with Crippen molar-refractivity contribution in [1.29, 1.82) is 0 Å². The van der Waals surface area contributed by atoms with E-state index >= 15 is 0 Å².